The summed E-state index contributed by atoms with van der Waals surface area (Å²) in [6.07, 6.45) is 2.75. The zero-order chi connectivity index (χ0) is 22.8. The molecule has 2 N–H and O–H groups in total. The van der Waals surface area contributed by atoms with Gasteiger partial charge in [-0.1, -0.05) is 6.07 Å². The number of esters is 1. The number of benzene rings is 2. The molecule has 0 aliphatic heterocycles. The number of nitrogens with zero attached hydrogens (tertiary/aromatic N) is 1. The van der Waals surface area contributed by atoms with Gasteiger partial charge in [-0.3, -0.25) is 9.59 Å². The van der Waals surface area contributed by atoms with E-state index in [4.69, 9.17) is 15.2 Å². The first-order chi connectivity index (χ1) is 14.8. The third-order valence-corrected chi connectivity index (χ3v) is 4.17. The molecule has 0 atom stereocenters. The SMILES string of the molecule is COC(=O)/C=C/c1ccc(OCC(=O)N(CCC(N)=O)c2ccc(F)cc2)c(OC)c1. The Kier molecular flexibility index (Phi) is 8.56. The van der Waals surface area contributed by atoms with Crippen LogP contribution in [0.15, 0.2) is 48.5 Å². The van der Waals surface area contributed by atoms with Gasteiger partial charge in [-0.25, -0.2) is 9.18 Å². The minimum atomic E-state index is -0.571. The van der Waals surface area contributed by atoms with E-state index in [1.807, 2.05) is 0 Å². The van der Waals surface area contributed by atoms with E-state index in [-0.39, 0.29) is 19.6 Å². The molecular formula is C22H23FN2O6. The molecule has 0 saturated heterocycles. The maximum absolute atomic E-state index is 13.2. The molecule has 0 aliphatic carbocycles. The van der Waals surface area contributed by atoms with Crippen LogP contribution in [0.4, 0.5) is 10.1 Å². The highest BCUT2D eigenvalue weighted by Gasteiger charge is 2.18. The lowest BCUT2D eigenvalue weighted by molar-refractivity contribution is -0.134. The lowest BCUT2D eigenvalue weighted by Gasteiger charge is -2.22. The summed E-state index contributed by atoms with van der Waals surface area (Å²) < 4.78 is 28.7. The van der Waals surface area contributed by atoms with Gasteiger partial charge in [-0.2, -0.15) is 0 Å². The van der Waals surface area contributed by atoms with Crippen molar-refractivity contribution < 1.29 is 33.0 Å². The molecule has 0 bridgehead atoms. The Morgan fingerprint density at radius 3 is 2.39 bits per heavy atom. The lowest BCUT2D eigenvalue weighted by atomic mass is 10.2. The quantitative estimate of drug-likeness (QED) is 0.458. The van der Waals surface area contributed by atoms with Crippen LogP contribution < -0.4 is 20.1 Å². The predicted molar refractivity (Wildman–Crippen MR) is 112 cm³/mol. The van der Waals surface area contributed by atoms with Gasteiger partial charge < -0.3 is 24.8 Å². The van der Waals surface area contributed by atoms with Gasteiger partial charge in [-0.05, 0) is 48.0 Å². The fraction of sp³-hybridized carbons (Fsp3) is 0.227. The van der Waals surface area contributed by atoms with Crippen molar-refractivity contribution >= 4 is 29.5 Å². The van der Waals surface area contributed by atoms with Gasteiger partial charge in [0, 0.05) is 24.7 Å². The van der Waals surface area contributed by atoms with Gasteiger partial charge in [0.25, 0.3) is 5.91 Å². The Labute approximate surface area is 179 Å². The van der Waals surface area contributed by atoms with E-state index >= 15 is 0 Å². The number of primary amides is 1. The molecule has 0 spiro atoms. The summed E-state index contributed by atoms with van der Waals surface area (Å²) in [5.41, 5.74) is 6.26. The summed E-state index contributed by atoms with van der Waals surface area (Å²) in [6.45, 7) is -0.332. The summed E-state index contributed by atoms with van der Waals surface area (Å²) >= 11 is 0. The number of methoxy groups -OCH3 is 2. The van der Waals surface area contributed by atoms with Crippen LogP contribution in [0.2, 0.25) is 0 Å². The van der Waals surface area contributed by atoms with Gasteiger partial charge in [0.2, 0.25) is 5.91 Å². The van der Waals surface area contributed by atoms with Crippen LogP contribution in [0.5, 0.6) is 11.5 Å². The summed E-state index contributed by atoms with van der Waals surface area (Å²) in [5.74, 6) is -1.32. The smallest absolute Gasteiger partial charge is 0.330 e. The van der Waals surface area contributed by atoms with E-state index in [9.17, 15) is 18.8 Å². The molecule has 0 fully saturated rings. The molecule has 0 saturated carbocycles. The van der Waals surface area contributed by atoms with Gasteiger partial charge in [0.1, 0.15) is 5.82 Å². The summed E-state index contributed by atoms with van der Waals surface area (Å²) in [4.78, 5) is 36.4. The minimum absolute atomic E-state index is 0.0254. The number of hydrogen-bond donors (Lipinski definition) is 1. The first kappa shape index (κ1) is 23.4. The highest BCUT2D eigenvalue weighted by molar-refractivity contribution is 5.95. The van der Waals surface area contributed by atoms with Gasteiger partial charge in [0.05, 0.1) is 14.2 Å². The number of hydrogen-bond acceptors (Lipinski definition) is 6. The molecule has 0 aromatic heterocycles. The topological polar surface area (TPSA) is 108 Å². The Hall–Kier alpha value is -3.88. The zero-order valence-electron chi connectivity index (χ0n) is 17.2. The third-order valence-electron chi connectivity index (χ3n) is 4.17. The molecule has 9 heteroatoms. The van der Waals surface area contributed by atoms with Crippen LogP contribution in [0.25, 0.3) is 6.08 Å². The van der Waals surface area contributed by atoms with Crippen LogP contribution in [0.3, 0.4) is 0 Å². The van der Waals surface area contributed by atoms with Crippen molar-refractivity contribution in [3.63, 3.8) is 0 Å². The Morgan fingerprint density at radius 2 is 1.77 bits per heavy atom. The first-order valence-electron chi connectivity index (χ1n) is 9.25. The van der Waals surface area contributed by atoms with E-state index in [0.29, 0.717) is 22.7 Å². The standard InChI is InChI=1S/C22H23FN2O6/c1-29-19-13-15(4-10-22(28)30-2)3-9-18(19)31-14-21(27)25(12-11-20(24)26)17-7-5-16(23)6-8-17/h3-10,13H,11-12,14H2,1-2H3,(H2,24,26)/b10-4+. The number of amides is 2. The predicted octanol–water partition coefficient (Wildman–Crippen LogP) is 2.31. The maximum atomic E-state index is 13.2. The number of carbonyl (C=O) groups is 3. The van der Waals surface area contributed by atoms with Crippen LogP contribution in [-0.4, -0.2) is 45.2 Å². The van der Waals surface area contributed by atoms with Crippen molar-refractivity contribution in [1.82, 2.24) is 0 Å². The number of anilines is 1. The van der Waals surface area contributed by atoms with Crippen molar-refractivity contribution in [3.05, 3.63) is 59.9 Å². The number of halogens is 1. The Bertz CT molecular complexity index is 959. The van der Waals surface area contributed by atoms with E-state index < -0.39 is 23.6 Å². The molecule has 0 unspecified atom stereocenters. The van der Waals surface area contributed by atoms with Crippen molar-refractivity contribution in [2.45, 2.75) is 6.42 Å². The normalized spacial score (nSPS) is 10.5. The second-order valence-corrected chi connectivity index (χ2v) is 6.29. The van der Waals surface area contributed by atoms with Gasteiger partial charge in [-0.15, -0.1) is 0 Å². The van der Waals surface area contributed by atoms with Crippen LogP contribution in [0, 0.1) is 5.82 Å². The van der Waals surface area contributed by atoms with Gasteiger partial charge >= 0.3 is 5.97 Å². The highest BCUT2D eigenvalue weighted by atomic mass is 19.1. The van der Waals surface area contributed by atoms with E-state index in [1.54, 1.807) is 24.3 Å². The largest absolute Gasteiger partial charge is 0.493 e. The molecule has 2 amide bonds. The molecular weight excluding hydrogens is 407 g/mol. The molecule has 0 radical (unpaired) electrons. The van der Waals surface area contributed by atoms with Crippen LogP contribution in [-0.2, 0) is 19.1 Å². The minimum Gasteiger partial charge on any atom is -0.493 e. The number of carbonyl (C=O) groups excluding carboxylic acids is 3. The molecule has 2 rings (SSSR count). The molecule has 2 aromatic rings. The molecule has 2 aromatic carbocycles. The summed E-state index contributed by atoms with van der Waals surface area (Å²) in [7, 11) is 2.72. The van der Waals surface area contributed by atoms with E-state index in [1.165, 1.54) is 49.5 Å². The second kappa shape index (κ2) is 11.3. The Morgan fingerprint density at radius 1 is 1.06 bits per heavy atom. The third kappa shape index (κ3) is 7.14. The molecule has 0 heterocycles. The lowest BCUT2D eigenvalue weighted by Crippen LogP contribution is -2.37. The summed E-state index contributed by atoms with van der Waals surface area (Å²) in [6, 6.07) is 10.2. The van der Waals surface area contributed by atoms with Crippen LogP contribution >= 0.6 is 0 Å². The first-order valence-corrected chi connectivity index (χ1v) is 9.25. The van der Waals surface area contributed by atoms with E-state index in [2.05, 4.69) is 4.74 Å². The van der Waals surface area contributed by atoms with Crippen molar-refractivity contribution in [1.29, 1.82) is 0 Å². The average Bonchev–Trinajstić information content (AvgIpc) is 2.77. The maximum Gasteiger partial charge on any atom is 0.330 e. The van der Waals surface area contributed by atoms with Crippen molar-refractivity contribution in [2.24, 2.45) is 5.73 Å². The number of ether oxygens (including phenoxy) is 3. The summed E-state index contributed by atoms with van der Waals surface area (Å²) in [5, 5.41) is 0. The molecule has 31 heavy (non-hydrogen) atoms. The zero-order valence-corrected chi connectivity index (χ0v) is 17.2. The molecule has 164 valence electrons. The second-order valence-electron chi connectivity index (χ2n) is 6.29. The van der Waals surface area contributed by atoms with Crippen molar-refractivity contribution in [3.8, 4) is 11.5 Å². The highest BCUT2D eigenvalue weighted by Crippen LogP contribution is 2.29. The number of rotatable bonds is 10. The monoisotopic (exact) mass is 430 g/mol. The number of nitrogens with two attached hydrogens (primary N) is 1. The van der Waals surface area contributed by atoms with Gasteiger partial charge in [0.15, 0.2) is 18.1 Å². The van der Waals surface area contributed by atoms with E-state index in [0.717, 1.165) is 0 Å². The molecule has 8 nitrogen and oxygen atoms in total. The molecule has 0 aliphatic rings. The Balaban J connectivity index is 2.13. The fourth-order valence-corrected chi connectivity index (χ4v) is 2.60. The average molecular weight is 430 g/mol. The van der Waals surface area contributed by atoms with Crippen molar-refractivity contribution in [2.75, 3.05) is 32.3 Å². The van der Waals surface area contributed by atoms with Crippen LogP contribution in [0.1, 0.15) is 12.0 Å². The fourth-order valence-electron chi connectivity index (χ4n) is 2.60.